The maximum atomic E-state index is 6.16. The van der Waals surface area contributed by atoms with Crippen molar-refractivity contribution in [2.24, 2.45) is 11.3 Å². The highest BCUT2D eigenvalue weighted by Gasteiger charge is 2.46. The lowest BCUT2D eigenvalue weighted by molar-refractivity contribution is -0.154. The number of hydrogen-bond acceptors (Lipinski definition) is 4. The van der Waals surface area contributed by atoms with E-state index < -0.39 is 0 Å². The van der Waals surface area contributed by atoms with Crippen molar-refractivity contribution in [2.45, 2.75) is 44.8 Å². The molecule has 2 aliphatic heterocycles. The molecule has 0 N–H and O–H groups in total. The van der Waals surface area contributed by atoms with Gasteiger partial charge in [0.2, 0.25) is 0 Å². The normalized spacial score (nSPS) is 30.0. The van der Waals surface area contributed by atoms with Gasteiger partial charge in [0.15, 0.2) is 0 Å². The lowest BCUT2D eigenvalue weighted by Crippen LogP contribution is -2.56. The molecule has 3 fully saturated rings. The van der Waals surface area contributed by atoms with Crippen molar-refractivity contribution >= 4 is 0 Å². The fourth-order valence-corrected chi connectivity index (χ4v) is 4.43. The van der Waals surface area contributed by atoms with Gasteiger partial charge in [-0.15, -0.1) is 0 Å². The SMILES string of the molecule is COc1ccc(CN2CC[C@@H]3OCCC[C@@]3(COCC3CC3)C2)cc1. The number of hydrogen-bond donors (Lipinski definition) is 0. The summed E-state index contributed by atoms with van der Waals surface area (Å²) in [5.74, 6) is 1.76. The molecule has 1 aromatic carbocycles. The topological polar surface area (TPSA) is 30.9 Å². The molecule has 0 spiro atoms. The lowest BCUT2D eigenvalue weighted by atomic mass is 9.73. The molecule has 0 radical (unpaired) electrons. The minimum Gasteiger partial charge on any atom is -0.497 e. The molecule has 4 heteroatoms. The van der Waals surface area contributed by atoms with Crippen LogP contribution >= 0.6 is 0 Å². The molecule has 4 nitrogen and oxygen atoms in total. The van der Waals surface area contributed by atoms with Gasteiger partial charge in [-0.25, -0.2) is 0 Å². The van der Waals surface area contributed by atoms with Crippen LogP contribution in [0.5, 0.6) is 5.75 Å². The van der Waals surface area contributed by atoms with Crippen LogP contribution in [0.2, 0.25) is 0 Å². The molecule has 0 amide bonds. The van der Waals surface area contributed by atoms with Gasteiger partial charge in [0.25, 0.3) is 0 Å². The zero-order valence-electron chi connectivity index (χ0n) is 15.4. The smallest absolute Gasteiger partial charge is 0.118 e. The van der Waals surface area contributed by atoms with Crippen molar-refractivity contribution in [1.29, 1.82) is 0 Å². The van der Waals surface area contributed by atoms with E-state index in [1.807, 2.05) is 0 Å². The van der Waals surface area contributed by atoms with E-state index in [1.165, 1.54) is 31.2 Å². The third-order valence-corrected chi connectivity index (χ3v) is 6.07. The highest BCUT2D eigenvalue weighted by atomic mass is 16.5. The second-order valence-corrected chi connectivity index (χ2v) is 8.13. The highest BCUT2D eigenvalue weighted by molar-refractivity contribution is 5.27. The third kappa shape index (κ3) is 4.18. The van der Waals surface area contributed by atoms with E-state index in [0.29, 0.717) is 6.10 Å². The first kappa shape index (κ1) is 17.3. The van der Waals surface area contributed by atoms with Crippen LogP contribution in [0.4, 0.5) is 0 Å². The summed E-state index contributed by atoms with van der Waals surface area (Å²) in [6.45, 7) is 5.95. The lowest BCUT2D eigenvalue weighted by Gasteiger charge is -2.50. The number of methoxy groups -OCH3 is 1. The molecule has 138 valence electrons. The van der Waals surface area contributed by atoms with Gasteiger partial charge < -0.3 is 14.2 Å². The van der Waals surface area contributed by atoms with Gasteiger partial charge in [-0.3, -0.25) is 4.90 Å². The predicted octanol–water partition coefficient (Wildman–Crippen LogP) is 3.49. The molecule has 1 saturated carbocycles. The van der Waals surface area contributed by atoms with Crippen molar-refractivity contribution in [3.8, 4) is 5.75 Å². The summed E-state index contributed by atoms with van der Waals surface area (Å²) in [6, 6.07) is 8.47. The maximum Gasteiger partial charge on any atom is 0.118 e. The number of benzene rings is 1. The van der Waals surface area contributed by atoms with Crippen molar-refractivity contribution in [1.82, 2.24) is 4.90 Å². The van der Waals surface area contributed by atoms with Crippen LogP contribution in [0.1, 0.15) is 37.7 Å². The number of nitrogens with zero attached hydrogens (tertiary/aromatic N) is 1. The van der Waals surface area contributed by atoms with Crippen LogP contribution in [0.15, 0.2) is 24.3 Å². The number of rotatable bonds is 7. The quantitative estimate of drug-likeness (QED) is 0.757. The Kier molecular flexibility index (Phi) is 5.30. The van der Waals surface area contributed by atoms with Gasteiger partial charge in [0, 0.05) is 38.3 Å². The van der Waals surface area contributed by atoms with Gasteiger partial charge in [-0.2, -0.15) is 0 Å². The summed E-state index contributed by atoms with van der Waals surface area (Å²) in [4.78, 5) is 2.59. The Morgan fingerprint density at radius 2 is 2.04 bits per heavy atom. The van der Waals surface area contributed by atoms with Crippen LogP contribution in [-0.2, 0) is 16.0 Å². The van der Waals surface area contributed by atoms with Crippen LogP contribution in [0.3, 0.4) is 0 Å². The standard InChI is InChI=1S/C21H31NO3/c1-23-19-7-5-17(6-8-19)13-22-11-9-20-21(15-22,10-2-12-25-20)16-24-14-18-3-4-18/h5-8,18,20H,2-4,9-16H2,1H3/t20-,21-/m0/s1. The van der Waals surface area contributed by atoms with E-state index in [4.69, 9.17) is 14.2 Å². The van der Waals surface area contributed by atoms with E-state index in [9.17, 15) is 0 Å². The van der Waals surface area contributed by atoms with E-state index in [1.54, 1.807) is 7.11 Å². The Bertz CT molecular complexity index is 557. The summed E-state index contributed by atoms with van der Waals surface area (Å²) in [6.07, 6.45) is 6.63. The van der Waals surface area contributed by atoms with Gasteiger partial charge in [0.05, 0.1) is 19.8 Å². The van der Waals surface area contributed by atoms with Gasteiger partial charge >= 0.3 is 0 Å². The van der Waals surface area contributed by atoms with E-state index in [2.05, 4.69) is 29.2 Å². The van der Waals surface area contributed by atoms with E-state index in [0.717, 1.165) is 57.5 Å². The zero-order chi connectivity index (χ0) is 17.1. The Balaban J connectivity index is 1.39. The van der Waals surface area contributed by atoms with Crippen LogP contribution < -0.4 is 4.74 Å². The summed E-state index contributed by atoms with van der Waals surface area (Å²) in [5.41, 5.74) is 1.54. The second kappa shape index (κ2) is 7.65. The molecule has 1 aromatic rings. The summed E-state index contributed by atoms with van der Waals surface area (Å²) >= 11 is 0. The Hall–Kier alpha value is -1.10. The molecule has 3 aliphatic rings. The average molecular weight is 345 g/mol. The molecule has 0 bridgehead atoms. The summed E-state index contributed by atoms with van der Waals surface area (Å²) < 4.78 is 17.6. The minimum atomic E-state index is 0.192. The van der Waals surface area contributed by atoms with Crippen LogP contribution in [0, 0.1) is 11.3 Å². The molecular formula is C21H31NO3. The highest BCUT2D eigenvalue weighted by Crippen LogP contribution is 2.41. The van der Waals surface area contributed by atoms with Crippen molar-refractivity contribution in [3.05, 3.63) is 29.8 Å². The second-order valence-electron chi connectivity index (χ2n) is 8.13. The van der Waals surface area contributed by atoms with E-state index in [-0.39, 0.29) is 5.41 Å². The van der Waals surface area contributed by atoms with Gasteiger partial charge in [0.1, 0.15) is 5.75 Å². The number of ether oxygens (including phenoxy) is 3. The first-order valence-corrected chi connectivity index (χ1v) is 9.82. The van der Waals surface area contributed by atoms with Crippen LogP contribution in [-0.4, -0.2) is 51.0 Å². The molecule has 2 heterocycles. The first-order valence-electron chi connectivity index (χ1n) is 9.82. The zero-order valence-corrected chi connectivity index (χ0v) is 15.4. The Labute approximate surface area is 151 Å². The van der Waals surface area contributed by atoms with E-state index >= 15 is 0 Å². The molecule has 2 atom stereocenters. The predicted molar refractivity (Wildman–Crippen MR) is 97.8 cm³/mol. The maximum absolute atomic E-state index is 6.16. The third-order valence-electron chi connectivity index (χ3n) is 6.07. The molecular weight excluding hydrogens is 314 g/mol. The monoisotopic (exact) mass is 345 g/mol. The summed E-state index contributed by atoms with van der Waals surface area (Å²) in [7, 11) is 1.72. The molecule has 25 heavy (non-hydrogen) atoms. The van der Waals surface area contributed by atoms with Gasteiger partial charge in [-0.1, -0.05) is 12.1 Å². The Morgan fingerprint density at radius 1 is 1.20 bits per heavy atom. The fraction of sp³-hybridized carbons (Fsp3) is 0.714. The van der Waals surface area contributed by atoms with Gasteiger partial charge in [-0.05, 0) is 55.7 Å². The molecule has 0 unspecified atom stereocenters. The minimum absolute atomic E-state index is 0.192. The number of fused-ring (bicyclic) bond motifs is 1. The largest absolute Gasteiger partial charge is 0.497 e. The molecule has 2 saturated heterocycles. The molecule has 0 aromatic heterocycles. The van der Waals surface area contributed by atoms with Crippen molar-refractivity contribution < 1.29 is 14.2 Å². The molecule has 1 aliphatic carbocycles. The van der Waals surface area contributed by atoms with Crippen molar-refractivity contribution in [2.75, 3.05) is 40.0 Å². The Morgan fingerprint density at radius 3 is 2.80 bits per heavy atom. The first-order chi connectivity index (χ1) is 12.3. The molecule has 4 rings (SSSR count). The number of piperidine rings is 1. The van der Waals surface area contributed by atoms with Crippen molar-refractivity contribution in [3.63, 3.8) is 0 Å². The number of likely N-dealkylation sites (tertiary alicyclic amines) is 1. The average Bonchev–Trinajstić information content (AvgIpc) is 3.46. The van der Waals surface area contributed by atoms with Crippen LogP contribution in [0.25, 0.3) is 0 Å². The summed E-state index contributed by atoms with van der Waals surface area (Å²) in [5, 5.41) is 0. The fourth-order valence-electron chi connectivity index (χ4n) is 4.43.